The van der Waals surface area contributed by atoms with Crippen LogP contribution in [0.4, 0.5) is 5.69 Å². The summed E-state index contributed by atoms with van der Waals surface area (Å²) < 4.78 is 7.60. The number of aliphatic hydroxyl groups excluding tert-OH is 1. The lowest BCUT2D eigenvalue weighted by atomic mass is 9.93. The van der Waals surface area contributed by atoms with E-state index < -0.39 is 17.7 Å². The van der Waals surface area contributed by atoms with Gasteiger partial charge in [-0.05, 0) is 74.2 Å². The van der Waals surface area contributed by atoms with Crippen molar-refractivity contribution < 1.29 is 19.4 Å². The number of fused-ring (bicyclic) bond motifs is 1. The van der Waals surface area contributed by atoms with Crippen LogP contribution < -0.4 is 9.64 Å². The highest BCUT2D eigenvalue weighted by molar-refractivity contribution is 6.52. The van der Waals surface area contributed by atoms with E-state index in [4.69, 9.17) is 4.74 Å². The summed E-state index contributed by atoms with van der Waals surface area (Å²) in [7, 11) is 3.46. The maximum absolute atomic E-state index is 13.7. The number of anilines is 1. The van der Waals surface area contributed by atoms with E-state index >= 15 is 0 Å². The number of hydrogen-bond donors (Lipinski definition) is 1. The lowest BCUT2D eigenvalue weighted by molar-refractivity contribution is -0.132. The Kier molecular flexibility index (Phi) is 5.91. The Morgan fingerprint density at radius 3 is 2.24 bits per heavy atom. The molecule has 5 rings (SSSR count). The molecule has 0 aliphatic carbocycles. The molecule has 6 heteroatoms. The van der Waals surface area contributed by atoms with Gasteiger partial charge in [0.1, 0.15) is 11.5 Å². The van der Waals surface area contributed by atoms with Crippen LogP contribution in [0.1, 0.15) is 39.4 Å². The Hall–Kier alpha value is -4.32. The van der Waals surface area contributed by atoms with Gasteiger partial charge in [-0.3, -0.25) is 14.5 Å². The van der Waals surface area contributed by atoms with Crippen LogP contribution in [-0.2, 0) is 16.6 Å². The van der Waals surface area contributed by atoms with Crippen molar-refractivity contribution in [3.8, 4) is 5.75 Å². The van der Waals surface area contributed by atoms with E-state index in [2.05, 4.69) is 0 Å². The van der Waals surface area contributed by atoms with Crippen LogP contribution in [-0.4, -0.2) is 28.5 Å². The highest BCUT2D eigenvalue weighted by atomic mass is 16.5. The molecule has 1 amide bonds. The molecule has 1 N–H and O–H groups in total. The second-order valence-electron chi connectivity index (χ2n) is 9.89. The number of benzene rings is 3. The van der Waals surface area contributed by atoms with Gasteiger partial charge in [-0.15, -0.1) is 0 Å². The Bertz CT molecular complexity index is 1610. The molecule has 0 bridgehead atoms. The van der Waals surface area contributed by atoms with Crippen molar-refractivity contribution in [3.63, 3.8) is 0 Å². The largest absolute Gasteiger partial charge is 0.507 e. The summed E-state index contributed by atoms with van der Waals surface area (Å²) >= 11 is 0. The average Bonchev–Trinajstić information content (AvgIpc) is 3.31. The number of rotatable bonds is 4. The number of para-hydroxylation sites is 1. The van der Waals surface area contributed by atoms with Crippen LogP contribution in [0, 0.1) is 27.7 Å². The summed E-state index contributed by atoms with van der Waals surface area (Å²) in [4.78, 5) is 28.9. The van der Waals surface area contributed by atoms with E-state index in [0.717, 1.165) is 38.7 Å². The minimum atomic E-state index is -0.821. The van der Waals surface area contributed by atoms with E-state index in [-0.39, 0.29) is 11.3 Å². The molecular weight excluding hydrogens is 464 g/mol. The molecule has 6 nitrogen and oxygen atoms in total. The molecule has 2 heterocycles. The number of methoxy groups -OCH3 is 1. The first kappa shape index (κ1) is 24.4. The third-order valence-electron chi connectivity index (χ3n) is 7.03. The third-order valence-corrected chi connectivity index (χ3v) is 7.03. The Balaban J connectivity index is 1.86. The summed E-state index contributed by atoms with van der Waals surface area (Å²) in [5.41, 5.74) is 6.47. The minimum absolute atomic E-state index is 0.0452. The van der Waals surface area contributed by atoms with Crippen molar-refractivity contribution in [1.82, 2.24) is 4.57 Å². The summed E-state index contributed by atoms with van der Waals surface area (Å²) in [6.07, 6.45) is 1.93. The normalized spacial score (nSPS) is 17.1. The van der Waals surface area contributed by atoms with Crippen molar-refractivity contribution in [1.29, 1.82) is 0 Å². The van der Waals surface area contributed by atoms with E-state index in [1.807, 2.05) is 94.0 Å². The Morgan fingerprint density at radius 2 is 1.57 bits per heavy atom. The average molecular weight is 495 g/mol. The topological polar surface area (TPSA) is 71.8 Å². The second kappa shape index (κ2) is 8.96. The smallest absolute Gasteiger partial charge is 0.300 e. The summed E-state index contributed by atoms with van der Waals surface area (Å²) in [6.45, 7) is 7.72. The number of hydrogen-bond acceptors (Lipinski definition) is 4. The first-order valence-electron chi connectivity index (χ1n) is 12.2. The first-order valence-corrected chi connectivity index (χ1v) is 12.2. The third kappa shape index (κ3) is 3.89. The van der Waals surface area contributed by atoms with Gasteiger partial charge in [0.15, 0.2) is 0 Å². The lowest BCUT2D eigenvalue weighted by Crippen LogP contribution is -2.29. The van der Waals surface area contributed by atoms with Crippen LogP contribution in [0.25, 0.3) is 16.7 Å². The summed E-state index contributed by atoms with van der Waals surface area (Å²) in [5.74, 6) is -1.17. The van der Waals surface area contributed by atoms with Crippen LogP contribution in [0.5, 0.6) is 5.75 Å². The van der Waals surface area contributed by atoms with E-state index in [1.165, 1.54) is 12.0 Å². The fourth-order valence-corrected chi connectivity index (χ4v) is 5.62. The second-order valence-corrected chi connectivity index (χ2v) is 9.89. The molecule has 3 aromatic carbocycles. The molecule has 1 aliphatic rings. The molecule has 4 aromatic rings. The minimum Gasteiger partial charge on any atom is -0.507 e. The van der Waals surface area contributed by atoms with Gasteiger partial charge in [-0.25, -0.2) is 0 Å². The number of ketones is 1. The fraction of sp³-hybridized carbons (Fsp3) is 0.226. The highest BCUT2D eigenvalue weighted by Crippen LogP contribution is 2.46. The lowest BCUT2D eigenvalue weighted by Gasteiger charge is -2.26. The molecule has 1 fully saturated rings. The Labute approximate surface area is 216 Å². The van der Waals surface area contributed by atoms with Gasteiger partial charge in [0.2, 0.25) is 0 Å². The molecular formula is C31H30N2O4. The number of aryl methyl sites for hydroxylation is 5. The SMILES string of the molecule is COc1c(C)cc(C)cc1/C(O)=C1\C(=O)C(=O)N(c2cc(C)cc(C)c2)C1c1cn(C)c2ccccc12. The van der Waals surface area contributed by atoms with E-state index in [0.29, 0.717) is 17.0 Å². The molecule has 0 saturated carbocycles. The zero-order valence-electron chi connectivity index (χ0n) is 21.9. The van der Waals surface area contributed by atoms with Crippen LogP contribution in [0.15, 0.2) is 66.4 Å². The standard InChI is InChI=1S/C31H30N2O4/c1-17-11-18(2)14-21(13-17)33-27(24-16-32(5)25-10-8-7-9-22(24)25)26(29(35)31(33)36)28(34)23-15-19(3)12-20(4)30(23)37-6/h7-16,27,34H,1-6H3/b28-26+. The molecule has 188 valence electrons. The molecule has 1 aromatic heterocycles. The Morgan fingerprint density at radius 1 is 0.919 bits per heavy atom. The van der Waals surface area contributed by atoms with Crippen LogP contribution in [0.2, 0.25) is 0 Å². The van der Waals surface area contributed by atoms with Crippen LogP contribution >= 0.6 is 0 Å². The van der Waals surface area contributed by atoms with Crippen molar-refractivity contribution in [3.05, 3.63) is 99.7 Å². The molecule has 1 atom stereocenters. The van der Waals surface area contributed by atoms with Crippen molar-refractivity contribution in [2.45, 2.75) is 33.7 Å². The van der Waals surface area contributed by atoms with Crippen molar-refractivity contribution >= 4 is 34.0 Å². The summed E-state index contributed by atoms with van der Waals surface area (Å²) in [5, 5.41) is 12.7. The predicted octanol–water partition coefficient (Wildman–Crippen LogP) is 6.05. The van der Waals surface area contributed by atoms with Gasteiger partial charge in [0.05, 0.1) is 24.3 Å². The number of ether oxygens (including phenoxy) is 1. The molecule has 1 saturated heterocycles. The van der Waals surface area contributed by atoms with Gasteiger partial charge < -0.3 is 14.4 Å². The van der Waals surface area contributed by atoms with Crippen molar-refractivity contribution in [2.24, 2.45) is 7.05 Å². The number of amides is 1. The van der Waals surface area contributed by atoms with Gasteiger partial charge in [0, 0.05) is 35.4 Å². The maximum Gasteiger partial charge on any atom is 0.300 e. The zero-order chi connectivity index (χ0) is 26.6. The van der Waals surface area contributed by atoms with Gasteiger partial charge in [-0.1, -0.05) is 30.3 Å². The molecule has 1 unspecified atom stereocenters. The fourth-order valence-electron chi connectivity index (χ4n) is 5.62. The predicted molar refractivity (Wildman–Crippen MR) is 146 cm³/mol. The molecule has 1 aliphatic heterocycles. The van der Waals surface area contributed by atoms with Gasteiger partial charge in [-0.2, -0.15) is 0 Å². The molecule has 0 radical (unpaired) electrons. The monoisotopic (exact) mass is 494 g/mol. The number of aliphatic hydroxyl groups is 1. The first-order chi connectivity index (χ1) is 17.6. The quantitative estimate of drug-likeness (QED) is 0.213. The molecule has 37 heavy (non-hydrogen) atoms. The number of carbonyl (C=O) groups excluding carboxylic acids is 2. The molecule has 0 spiro atoms. The number of aromatic nitrogens is 1. The van der Waals surface area contributed by atoms with E-state index in [9.17, 15) is 14.7 Å². The number of carbonyl (C=O) groups is 2. The van der Waals surface area contributed by atoms with E-state index in [1.54, 1.807) is 6.07 Å². The maximum atomic E-state index is 13.7. The highest BCUT2D eigenvalue weighted by Gasteiger charge is 2.48. The number of nitrogens with zero attached hydrogens (tertiary/aromatic N) is 2. The van der Waals surface area contributed by atoms with Crippen molar-refractivity contribution in [2.75, 3.05) is 12.0 Å². The van der Waals surface area contributed by atoms with Gasteiger partial charge >= 0.3 is 0 Å². The summed E-state index contributed by atoms with van der Waals surface area (Å²) in [6, 6.07) is 16.6. The zero-order valence-corrected chi connectivity index (χ0v) is 21.9. The van der Waals surface area contributed by atoms with Gasteiger partial charge in [0.25, 0.3) is 11.7 Å². The van der Waals surface area contributed by atoms with Crippen LogP contribution in [0.3, 0.4) is 0 Å². The number of Topliss-reactive ketones (excluding diaryl/α,β-unsaturated/α-hetero) is 1.